The molecule has 0 bridgehead atoms. The lowest BCUT2D eigenvalue weighted by molar-refractivity contribution is 0.340. The van der Waals surface area contributed by atoms with Crippen LogP contribution in [-0.4, -0.2) is 29.5 Å². The summed E-state index contributed by atoms with van der Waals surface area (Å²) in [6.45, 7) is 10.5. The number of aromatic nitrogens is 1. The predicted octanol–water partition coefficient (Wildman–Crippen LogP) is 4.98. The lowest BCUT2D eigenvalue weighted by Gasteiger charge is -2.19. The fourth-order valence-corrected chi connectivity index (χ4v) is 3.38. The van der Waals surface area contributed by atoms with E-state index in [1.54, 1.807) is 0 Å². The molecule has 0 radical (unpaired) electrons. The third kappa shape index (κ3) is 4.28. The van der Waals surface area contributed by atoms with Crippen LogP contribution < -0.4 is 0 Å². The summed E-state index contributed by atoms with van der Waals surface area (Å²) in [5.41, 5.74) is 5.31. The number of H-pyrrole nitrogens is 1. The van der Waals surface area contributed by atoms with Gasteiger partial charge in [0.15, 0.2) is 0 Å². The molecule has 25 heavy (non-hydrogen) atoms. The first-order chi connectivity index (χ1) is 12.3. The highest BCUT2D eigenvalue weighted by Crippen LogP contribution is 2.25. The fourth-order valence-electron chi connectivity index (χ4n) is 3.38. The van der Waals surface area contributed by atoms with E-state index >= 15 is 0 Å². The molecule has 2 aromatic carbocycles. The normalized spacial score (nSPS) is 11.1. The third-order valence-corrected chi connectivity index (χ3v) is 4.58. The van der Waals surface area contributed by atoms with Crippen LogP contribution in [0, 0.1) is 0 Å². The minimum atomic E-state index is 0.891. The van der Waals surface area contributed by atoms with E-state index in [4.69, 9.17) is 0 Å². The van der Waals surface area contributed by atoms with E-state index in [1.165, 1.54) is 27.7 Å². The quantitative estimate of drug-likeness (QED) is 0.549. The van der Waals surface area contributed by atoms with Crippen LogP contribution in [0.25, 0.3) is 10.9 Å². The van der Waals surface area contributed by atoms with Gasteiger partial charge < -0.3 is 4.98 Å². The first-order valence-electron chi connectivity index (χ1n) is 8.88. The Hall–Kier alpha value is -2.58. The van der Waals surface area contributed by atoms with Gasteiger partial charge in [0, 0.05) is 42.7 Å². The molecule has 2 nitrogen and oxygen atoms in total. The smallest absolute Gasteiger partial charge is 0.0459 e. The molecule has 0 spiro atoms. The molecule has 3 aromatic rings. The van der Waals surface area contributed by atoms with Crippen LogP contribution >= 0.6 is 0 Å². The van der Waals surface area contributed by atoms with E-state index in [0.29, 0.717) is 0 Å². The number of benzene rings is 2. The van der Waals surface area contributed by atoms with Crippen molar-refractivity contribution < 1.29 is 0 Å². The van der Waals surface area contributed by atoms with Crippen molar-refractivity contribution in [3.63, 3.8) is 0 Å². The van der Waals surface area contributed by atoms with E-state index in [1.807, 2.05) is 12.2 Å². The van der Waals surface area contributed by atoms with Crippen molar-refractivity contribution in [2.24, 2.45) is 0 Å². The van der Waals surface area contributed by atoms with Crippen LogP contribution in [0.15, 0.2) is 79.9 Å². The SMILES string of the molecule is C=CCN(CC=C)CCc1c(Cc2ccccc2)[nH]c2ccccc12. The van der Waals surface area contributed by atoms with Gasteiger partial charge in [-0.05, 0) is 23.6 Å². The Balaban J connectivity index is 1.87. The zero-order chi connectivity index (χ0) is 17.5. The van der Waals surface area contributed by atoms with Crippen molar-refractivity contribution in [2.75, 3.05) is 19.6 Å². The van der Waals surface area contributed by atoms with E-state index in [2.05, 4.69) is 77.6 Å². The molecule has 0 saturated carbocycles. The molecular weight excluding hydrogens is 304 g/mol. The molecular formula is C23H26N2. The van der Waals surface area contributed by atoms with Crippen LogP contribution in [0.5, 0.6) is 0 Å². The number of para-hydroxylation sites is 1. The largest absolute Gasteiger partial charge is 0.358 e. The van der Waals surface area contributed by atoms with Gasteiger partial charge in [0.25, 0.3) is 0 Å². The predicted molar refractivity (Wildman–Crippen MR) is 108 cm³/mol. The number of rotatable bonds is 9. The molecule has 0 amide bonds. The molecule has 0 atom stereocenters. The Morgan fingerprint density at radius 2 is 1.56 bits per heavy atom. The lowest BCUT2D eigenvalue weighted by Crippen LogP contribution is -2.26. The summed E-state index contributed by atoms with van der Waals surface area (Å²) in [6, 6.07) is 19.3. The minimum Gasteiger partial charge on any atom is -0.358 e. The second kappa shape index (κ2) is 8.50. The number of nitrogens with one attached hydrogen (secondary N) is 1. The Labute approximate surface area is 150 Å². The lowest BCUT2D eigenvalue weighted by atomic mass is 10.0. The Morgan fingerprint density at radius 1 is 0.880 bits per heavy atom. The fraction of sp³-hybridized carbons (Fsp3) is 0.217. The van der Waals surface area contributed by atoms with Gasteiger partial charge in [-0.15, -0.1) is 13.2 Å². The van der Waals surface area contributed by atoms with Crippen molar-refractivity contribution in [3.8, 4) is 0 Å². The zero-order valence-electron chi connectivity index (χ0n) is 14.7. The summed E-state index contributed by atoms with van der Waals surface area (Å²) in [5, 5.41) is 1.34. The van der Waals surface area contributed by atoms with Crippen molar-refractivity contribution >= 4 is 10.9 Å². The first kappa shape index (κ1) is 17.2. The maximum absolute atomic E-state index is 3.87. The summed E-state index contributed by atoms with van der Waals surface area (Å²) < 4.78 is 0. The minimum absolute atomic E-state index is 0.891. The van der Waals surface area contributed by atoms with Crippen molar-refractivity contribution in [3.05, 3.63) is 96.7 Å². The summed E-state index contributed by atoms with van der Waals surface area (Å²) in [7, 11) is 0. The summed E-state index contributed by atoms with van der Waals surface area (Å²) in [4.78, 5) is 6.01. The summed E-state index contributed by atoms with van der Waals surface area (Å²) in [6.07, 6.45) is 5.88. The second-order valence-electron chi connectivity index (χ2n) is 6.38. The maximum atomic E-state index is 3.87. The zero-order valence-corrected chi connectivity index (χ0v) is 14.7. The van der Waals surface area contributed by atoms with E-state index in [-0.39, 0.29) is 0 Å². The highest BCUT2D eigenvalue weighted by atomic mass is 15.1. The maximum Gasteiger partial charge on any atom is 0.0459 e. The monoisotopic (exact) mass is 330 g/mol. The molecule has 0 fully saturated rings. The molecule has 1 N–H and O–H groups in total. The Bertz CT molecular complexity index is 820. The van der Waals surface area contributed by atoms with Crippen LogP contribution in [0.4, 0.5) is 0 Å². The van der Waals surface area contributed by atoms with Crippen LogP contribution in [0.2, 0.25) is 0 Å². The average molecular weight is 330 g/mol. The molecule has 2 heteroatoms. The molecule has 1 aromatic heterocycles. The van der Waals surface area contributed by atoms with E-state index in [9.17, 15) is 0 Å². The van der Waals surface area contributed by atoms with Crippen LogP contribution in [0.3, 0.4) is 0 Å². The number of hydrogen-bond acceptors (Lipinski definition) is 1. The van der Waals surface area contributed by atoms with Crippen molar-refractivity contribution in [2.45, 2.75) is 12.8 Å². The van der Waals surface area contributed by atoms with Crippen LogP contribution in [-0.2, 0) is 12.8 Å². The number of aromatic amines is 1. The number of fused-ring (bicyclic) bond motifs is 1. The van der Waals surface area contributed by atoms with Gasteiger partial charge in [0.2, 0.25) is 0 Å². The Morgan fingerprint density at radius 3 is 2.28 bits per heavy atom. The van der Waals surface area contributed by atoms with Gasteiger partial charge in [-0.1, -0.05) is 60.7 Å². The van der Waals surface area contributed by atoms with Crippen LogP contribution in [0.1, 0.15) is 16.8 Å². The van der Waals surface area contributed by atoms with E-state index < -0.39 is 0 Å². The second-order valence-corrected chi connectivity index (χ2v) is 6.38. The molecule has 1 heterocycles. The first-order valence-corrected chi connectivity index (χ1v) is 8.88. The average Bonchev–Trinajstić information content (AvgIpc) is 2.98. The molecule has 3 rings (SSSR count). The Kier molecular flexibility index (Phi) is 5.86. The van der Waals surface area contributed by atoms with Crippen molar-refractivity contribution in [1.29, 1.82) is 0 Å². The van der Waals surface area contributed by atoms with Crippen molar-refractivity contribution in [1.82, 2.24) is 9.88 Å². The van der Waals surface area contributed by atoms with Gasteiger partial charge >= 0.3 is 0 Å². The summed E-state index contributed by atoms with van der Waals surface area (Å²) in [5.74, 6) is 0. The van der Waals surface area contributed by atoms with Gasteiger partial charge in [-0.25, -0.2) is 0 Å². The van der Waals surface area contributed by atoms with Gasteiger partial charge in [-0.2, -0.15) is 0 Å². The molecule has 0 aliphatic heterocycles. The number of nitrogens with zero attached hydrogens (tertiary/aromatic N) is 1. The van der Waals surface area contributed by atoms with Gasteiger partial charge in [0.1, 0.15) is 0 Å². The van der Waals surface area contributed by atoms with Gasteiger partial charge in [-0.3, -0.25) is 4.90 Å². The van der Waals surface area contributed by atoms with Gasteiger partial charge in [0.05, 0.1) is 0 Å². The highest BCUT2D eigenvalue weighted by molar-refractivity contribution is 5.84. The highest BCUT2D eigenvalue weighted by Gasteiger charge is 2.13. The molecule has 128 valence electrons. The number of hydrogen-bond donors (Lipinski definition) is 1. The molecule has 0 aliphatic rings. The topological polar surface area (TPSA) is 19.0 Å². The standard InChI is InChI=1S/C23H26N2/c1-3-15-25(16-4-2)17-14-21-20-12-8-9-13-22(20)24-23(21)18-19-10-6-5-7-11-19/h3-13,24H,1-2,14-18H2. The third-order valence-electron chi connectivity index (χ3n) is 4.58. The molecule has 0 aliphatic carbocycles. The summed E-state index contributed by atoms with van der Waals surface area (Å²) >= 11 is 0. The van der Waals surface area contributed by atoms with E-state index in [0.717, 1.165) is 32.5 Å². The molecule has 0 saturated heterocycles. The molecule has 0 unspecified atom stereocenters.